The van der Waals surface area contributed by atoms with E-state index < -0.39 is 31.3 Å². The van der Waals surface area contributed by atoms with E-state index in [9.17, 15) is 18.3 Å². The summed E-state index contributed by atoms with van der Waals surface area (Å²) in [7, 11) is -19.9. The monoisotopic (exact) mass is 560 g/mol. The van der Waals surface area contributed by atoms with Gasteiger partial charge in [-0.25, -0.2) is 18.3 Å². The Balaban J connectivity index is -0.000000529. The first-order chi connectivity index (χ1) is 14.5. The number of rotatable bonds is 11. The van der Waals surface area contributed by atoms with Crippen LogP contribution in [-0.2, 0) is 31.4 Å². The molecule has 0 amide bonds. The van der Waals surface area contributed by atoms with Crippen molar-refractivity contribution in [1.29, 1.82) is 0 Å². The van der Waals surface area contributed by atoms with Crippen molar-refractivity contribution in [3.8, 4) is 0 Å². The van der Waals surface area contributed by atoms with Crippen LogP contribution in [0.3, 0.4) is 0 Å². The quantitative estimate of drug-likeness (QED) is 0.108. The first kappa shape index (κ1) is 37.0. The molecule has 18 heteroatoms. The van der Waals surface area contributed by atoms with E-state index in [4.69, 9.17) is 34.3 Å². The van der Waals surface area contributed by atoms with Gasteiger partial charge in [0.05, 0.1) is 6.61 Å². The van der Waals surface area contributed by atoms with Gasteiger partial charge in [0.2, 0.25) is 0 Å². The van der Waals surface area contributed by atoms with Crippen molar-refractivity contribution in [3.63, 3.8) is 0 Å². The normalized spacial score (nSPS) is 14.0. The van der Waals surface area contributed by atoms with Crippen molar-refractivity contribution in [2.75, 3.05) is 6.61 Å². The molecule has 0 aromatic rings. The van der Waals surface area contributed by atoms with Gasteiger partial charge in [0.15, 0.2) is 0 Å². The van der Waals surface area contributed by atoms with Crippen LogP contribution in [0, 0.1) is 0 Å². The lowest BCUT2D eigenvalue weighted by molar-refractivity contribution is 0.190. The zero-order valence-corrected chi connectivity index (χ0v) is 22.1. The Bertz CT molecular complexity index is 836. The second kappa shape index (κ2) is 17.0. The lowest BCUT2D eigenvalue weighted by Gasteiger charge is -2.11. The Kier molecular flexibility index (Phi) is 19.1. The van der Waals surface area contributed by atoms with Crippen molar-refractivity contribution in [1.82, 2.24) is 0 Å². The second-order valence-corrected chi connectivity index (χ2v) is 11.8. The molecule has 0 aliphatic heterocycles. The van der Waals surface area contributed by atoms with Crippen LogP contribution in [-0.4, -0.2) is 40.9 Å². The van der Waals surface area contributed by atoms with E-state index in [0.29, 0.717) is 0 Å². The molecule has 0 saturated heterocycles. The molecule has 1 unspecified atom stereocenters. The summed E-state index contributed by atoms with van der Waals surface area (Å²) in [6.07, 6.45) is 6.96. The van der Waals surface area contributed by atoms with E-state index in [-0.39, 0.29) is 6.61 Å². The molecule has 14 nitrogen and oxygen atoms in total. The highest BCUT2D eigenvalue weighted by molar-refractivity contribution is 7.60. The summed E-state index contributed by atoms with van der Waals surface area (Å²) in [4.78, 5) is 56.8. The molecular formula is C15H32O14P4. The highest BCUT2D eigenvalue weighted by Gasteiger charge is 2.31. The minimum atomic E-state index is -5.05. The molecular weight excluding hydrogens is 528 g/mol. The van der Waals surface area contributed by atoms with Gasteiger partial charge in [0, 0.05) is 0 Å². The lowest BCUT2D eigenvalue weighted by Crippen LogP contribution is -1.94. The molecule has 0 aromatic heterocycles. The van der Waals surface area contributed by atoms with Crippen molar-refractivity contribution < 1.29 is 65.7 Å². The fourth-order valence-electron chi connectivity index (χ4n) is 1.26. The molecule has 0 saturated carbocycles. The van der Waals surface area contributed by atoms with Crippen LogP contribution in [0.1, 0.15) is 40.5 Å². The summed E-state index contributed by atoms with van der Waals surface area (Å²) in [5.41, 5.74) is 3.16. The minimum absolute atomic E-state index is 0.256. The topological polar surface area (TPSA) is 238 Å². The van der Waals surface area contributed by atoms with Gasteiger partial charge >= 0.3 is 31.3 Å². The highest BCUT2D eigenvalue weighted by Crippen LogP contribution is 2.57. The Morgan fingerprint density at radius 2 is 1.18 bits per heavy atom. The average molecular weight is 560 g/mol. The summed E-state index contributed by atoms with van der Waals surface area (Å²) in [6, 6.07) is 0. The zero-order valence-electron chi connectivity index (χ0n) is 18.5. The van der Waals surface area contributed by atoms with Crippen LogP contribution < -0.4 is 0 Å². The van der Waals surface area contributed by atoms with Crippen molar-refractivity contribution in [2.24, 2.45) is 0 Å². The van der Waals surface area contributed by atoms with Crippen molar-refractivity contribution in [3.05, 3.63) is 48.1 Å². The van der Waals surface area contributed by atoms with E-state index in [1.54, 1.807) is 12.2 Å². The third-order valence-corrected chi connectivity index (χ3v) is 6.38. The Labute approximate surface area is 192 Å². The van der Waals surface area contributed by atoms with Crippen LogP contribution in [0.15, 0.2) is 48.1 Å². The zero-order chi connectivity index (χ0) is 27.1. The number of allylic oxidation sites excluding steroid dienone is 5. The maximum atomic E-state index is 11.1. The van der Waals surface area contributed by atoms with Gasteiger partial charge in [-0.3, -0.25) is 4.52 Å². The SMILES string of the molecule is C=CC(=C)C.CC(C)=CCC/C(C)=C/COP(=O)(O)OP(=O)(O)O.O=P(O)(O)OP(=O)(O)O. The van der Waals surface area contributed by atoms with Gasteiger partial charge in [0.25, 0.3) is 0 Å². The maximum Gasteiger partial charge on any atom is 0.481 e. The van der Waals surface area contributed by atoms with Crippen LogP contribution in [0.5, 0.6) is 0 Å². The van der Waals surface area contributed by atoms with Crippen molar-refractivity contribution in [2.45, 2.75) is 40.5 Å². The molecule has 0 fully saturated rings. The molecule has 0 aromatic carbocycles. The first-order valence-electron chi connectivity index (χ1n) is 8.63. The molecule has 33 heavy (non-hydrogen) atoms. The maximum absolute atomic E-state index is 11.1. The number of hydrogen-bond donors (Lipinski definition) is 7. The van der Waals surface area contributed by atoms with Crippen LogP contribution >= 0.6 is 31.3 Å². The summed E-state index contributed by atoms with van der Waals surface area (Å²) >= 11 is 0. The van der Waals surface area contributed by atoms with Gasteiger partial charge < -0.3 is 34.3 Å². The number of phosphoric acid groups is 4. The summed E-state index contributed by atoms with van der Waals surface area (Å²) in [5, 5.41) is 0. The highest BCUT2D eigenvalue weighted by atomic mass is 31.3. The minimum Gasteiger partial charge on any atom is -0.302 e. The smallest absolute Gasteiger partial charge is 0.302 e. The van der Waals surface area contributed by atoms with Gasteiger partial charge in [0.1, 0.15) is 0 Å². The van der Waals surface area contributed by atoms with Gasteiger partial charge in [-0.1, -0.05) is 48.1 Å². The largest absolute Gasteiger partial charge is 0.481 e. The molecule has 0 spiro atoms. The molecule has 1 atom stereocenters. The predicted octanol–water partition coefficient (Wildman–Crippen LogP) is 3.84. The fourth-order valence-corrected chi connectivity index (χ4v) is 3.90. The Morgan fingerprint density at radius 3 is 1.45 bits per heavy atom. The van der Waals surface area contributed by atoms with Crippen LogP contribution in [0.25, 0.3) is 0 Å². The van der Waals surface area contributed by atoms with Gasteiger partial charge in [-0.15, -0.1) is 0 Å². The summed E-state index contributed by atoms with van der Waals surface area (Å²) in [5.74, 6) is 0. The fraction of sp³-hybridized carbons (Fsp3) is 0.467. The molecule has 0 rings (SSSR count). The average Bonchev–Trinajstić information content (AvgIpc) is 2.49. The number of hydrogen-bond acceptors (Lipinski definition) is 7. The molecule has 196 valence electrons. The molecule has 7 N–H and O–H groups in total. The molecule has 0 aliphatic carbocycles. The predicted molar refractivity (Wildman–Crippen MR) is 122 cm³/mol. The van der Waals surface area contributed by atoms with Crippen LogP contribution in [0.2, 0.25) is 0 Å². The molecule has 0 bridgehead atoms. The van der Waals surface area contributed by atoms with E-state index in [2.05, 4.69) is 32.4 Å². The Morgan fingerprint density at radius 1 is 0.788 bits per heavy atom. The van der Waals surface area contributed by atoms with E-state index in [1.165, 1.54) is 5.57 Å². The molecule has 0 radical (unpaired) electrons. The van der Waals surface area contributed by atoms with Gasteiger partial charge in [-0.2, -0.15) is 8.62 Å². The van der Waals surface area contributed by atoms with E-state index in [1.807, 2.05) is 27.7 Å². The van der Waals surface area contributed by atoms with Crippen molar-refractivity contribution >= 4 is 31.3 Å². The second-order valence-electron chi connectivity index (χ2n) is 6.32. The summed E-state index contributed by atoms with van der Waals surface area (Å²) in [6.45, 7) is 14.5. The first-order valence-corrected chi connectivity index (χ1v) is 14.7. The molecule has 0 aliphatic rings. The van der Waals surface area contributed by atoms with E-state index in [0.717, 1.165) is 24.0 Å². The lowest BCUT2D eigenvalue weighted by atomic mass is 10.1. The molecule has 0 heterocycles. The van der Waals surface area contributed by atoms with Crippen LogP contribution in [0.4, 0.5) is 0 Å². The summed E-state index contributed by atoms with van der Waals surface area (Å²) < 4.78 is 51.7. The Hall–Kier alpha value is -0.520. The van der Waals surface area contributed by atoms with E-state index >= 15 is 0 Å². The number of phosphoric ester groups is 1. The standard InChI is InChI=1S/C10H20O7P2.C5H8.H4O7P2/c1-9(2)5-4-6-10(3)7-8-16-19(14,15)17-18(11,12)13;1-4-5(2)3;1-8(2,3)7-9(4,5)6/h5,7H,4,6,8H2,1-3H3,(H,14,15)(H2,11,12,13);4H,1-2H2,3H3;(H2,1,2,3)(H2,4,5,6)/b10-7+;;. The van der Waals surface area contributed by atoms with Gasteiger partial charge in [-0.05, 0) is 40.5 Å². The third-order valence-electron chi connectivity index (χ3n) is 2.53. The third kappa shape index (κ3) is 39.0.